The van der Waals surface area contributed by atoms with Crippen molar-refractivity contribution < 1.29 is 19.4 Å². The number of ether oxygens (including phenoxy) is 1. The molecular formula is C12H25NO4. The van der Waals surface area contributed by atoms with Gasteiger partial charge in [-0.1, -0.05) is 20.3 Å². The molecule has 0 aromatic rings. The normalized spacial score (nSPS) is 14.1. The zero-order valence-electron chi connectivity index (χ0n) is 11.6. The minimum atomic E-state index is -0.833. The molecular weight excluding hydrogens is 222 g/mol. The lowest BCUT2D eigenvalue weighted by atomic mass is 10.00. The highest BCUT2D eigenvalue weighted by Crippen LogP contribution is 2.12. The van der Waals surface area contributed by atoms with Gasteiger partial charge in [0.25, 0.3) is 5.97 Å². The fourth-order valence-electron chi connectivity index (χ4n) is 0.856. The largest absolute Gasteiger partial charge is 0.481 e. The molecule has 102 valence electrons. The summed E-state index contributed by atoms with van der Waals surface area (Å²) in [4.78, 5) is 20.4. The minimum absolute atomic E-state index is 0.176. The number of carboxylic acids is 1. The molecule has 0 aliphatic heterocycles. The highest BCUT2D eigenvalue weighted by Gasteiger charge is 2.25. The van der Waals surface area contributed by atoms with Crippen LogP contribution in [0.15, 0.2) is 0 Å². The quantitative estimate of drug-likeness (QED) is 0.742. The van der Waals surface area contributed by atoms with E-state index in [1.807, 2.05) is 34.6 Å². The second kappa shape index (κ2) is 8.06. The van der Waals surface area contributed by atoms with Gasteiger partial charge >= 0.3 is 5.97 Å². The molecule has 0 aliphatic rings. The Morgan fingerprint density at radius 3 is 1.94 bits per heavy atom. The summed E-state index contributed by atoms with van der Waals surface area (Å²) < 4.78 is 5.16. The smallest absolute Gasteiger partial charge is 0.323 e. The molecule has 0 aromatic heterocycles. The fourth-order valence-corrected chi connectivity index (χ4v) is 0.856. The summed E-state index contributed by atoms with van der Waals surface area (Å²) in [5.41, 5.74) is 5.26. The van der Waals surface area contributed by atoms with Crippen LogP contribution >= 0.6 is 0 Å². The van der Waals surface area contributed by atoms with Gasteiger partial charge in [-0.3, -0.25) is 9.59 Å². The van der Waals surface area contributed by atoms with E-state index in [1.54, 1.807) is 0 Å². The first-order valence-electron chi connectivity index (χ1n) is 5.69. The van der Waals surface area contributed by atoms with Crippen molar-refractivity contribution in [2.24, 2.45) is 11.7 Å². The van der Waals surface area contributed by atoms with Crippen molar-refractivity contribution in [2.45, 2.75) is 59.6 Å². The van der Waals surface area contributed by atoms with Gasteiger partial charge in [-0.25, -0.2) is 0 Å². The molecule has 0 heterocycles. The summed E-state index contributed by atoms with van der Waals surface area (Å²) in [6.45, 7) is 10.6. The van der Waals surface area contributed by atoms with Crippen molar-refractivity contribution in [2.75, 3.05) is 0 Å². The summed E-state index contributed by atoms with van der Waals surface area (Å²) in [5.74, 6) is -0.961. The maximum atomic E-state index is 11.4. The molecule has 0 saturated carbocycles. The van der Waals surface area contributed by atoms with Gasteiger partial charge in [-0.2, -0.15) is 0 Å². The lowest BCUT2D eigenvalue weighted by molar-refractivity contribution is -0.157. The van der Waals surface area contributed by atoms with Gasteiger partial charge in [-0.05, 0) is 26.7 Å². The molecule has 17 heavy (non-hydrogen) atoms. The van der Waals surface area contributed by atoms with Gasteiger partial charge < -0.3 is 15.6 Å². The van der Waals surface area contributed by atoms with Crippen molar-refractivity contribution in [3.63, 3.8) is 0 Å². The first-order chi connectivity index (χ1) is 7.51. The molecule has 0 fully saturated rings. The number of aliphatic carboxylic acids is 1. The molecule has 0 saturated heterocycles. The van der Waals surface area contributed by atoms with E-state index in [-0.39, 0.29) is 11.9 Å². The van der Waals surface area contributed by atoms with Crippen molar-refractivity contribution >= 4 is 11.9 Å². The standard InChI is InChI=1S/C10H21NO2.C2H4O2/c1-6-7(2)8(11)9(12)13-10(3,4)5;1-2(3)4/h7-8H,6,11H2,1-5H3;1H3,(H,3,4)/t7-,8-;/m0./s1. The second-order valence-corrected chi connectivity index (χ2v) is 4.96. The maximum Gasteiger partial charge on any atom is 0.323 e. The average molecular weight is 247 g/mol. The Balaban J connectivity index is 0. The van der Waals surface area contributed by atoms with Crippen LogP contribution in [0.1, 0.15) is 48.0 Å². The average Bonchev–Trinajstić information content (AvgIpc) is 2.11. The number of esters is 1. The van der Waals surface area contributed by atoms with E-state index >= 15 is 0 Å². The van der Waals surface area contributed by atoms with Crippen LogP contribution in [-0.2, 0) is 14.3 Å². The monoisotopic (exact) mass is 247 g/mol. The van der Waals surface area contributed by atoms with Crippen LogP contribution in [0.25, 0.3) is 0 Å². The Labute approximate surface area is 103 Å². The highest BCUT2D eigenvalue weighted by atomic mass is 16.6. The molecule has 0 spiro atoms. The third-order valence-electron chi connectivity index (χ3n) is 1.94. The predicted octanol–water partition coefficient (Wildman–Crippen LogP) is 1.79. The number of carbonyl (C=O) groups excluding carboxylic acids is 1. The van der Waals surface area contributed by atoms with Crippen LogP contribution in [0.5, 0.6) is 0 Å². The number of nitrogens with two attached hydrogens (primary N) is 1. The first-order valence-corrected chi connectivity index (χ1v) is 5.69. The summed E-state index contributed by atoms with van der Waals surface area (Å²) in [6, 6.07) is -0.496. The molecule has 0 bridgehead atoms. The fraction of sp³-hybridized carbons (Fsp3) is 0.833. The minimum Gasteiger partial charge on any atom is -0.481 e. The topological polar surface area (TPSA) is 89.6 Å². The Morgan fingerprint density at radius 1 is 1.35 bits per heavy atom. The van der Waals surface area contributed by atoms with E-state index in [0.717, 1.165) is 13.3 Å². The van der Waals surface area contributed by atoms with Gasteiger partial charge in [0.15, 0.2) is 0 Å². The van der Waals surface area contributed by atoms with E-state index < -0.39 is 17.6 Å². The summed E-state index contributed by atoms with van der Waals surface area (Å²) in [7, 11) is 0. The zero-order valence-corrected chi connectivity index (χ0v) is 11.6. The van der Waals surface area contributed by atoms with E-state index in [1.165, 1.54) is 0 Å². The molecule has 2 atom stereocenters. The number of hydrogen-bond acceptors (Lipinski definition) is 4. The van der Waals surface area contributed by atoms with Gasteiger partial charge in [-0.15, -0.1) is 0 Å². The molecule has 0 rings (SSSR count). The summed E-state index contributed by atoms with van der Waals surface area (Å²) in [6.07, 6.45) is 0.889. The van der Waals surface area contributed by atoms with Gasteiger partial charge in [0.2, 0.25) is 0 Å². The molecule has 5 nitrogen and oxygen atoms in total. The molecule has 0 unspecified atom stereocenters. The van der Waals surface area contributed by atoms with E-state index in [9.17, 15) is 4.79 Å². The lowest BCUT2D eigenvalue weighted by Gasteiger charge is -2.24. The molecule has 0 aliphatic carbocycles. The third kappa shape index (κ3) is 12.8. The van der Waals surface area contributed by atoms with E-state index in [0.29, 0.717) is 0 Å². The number of hydrogen-bond donors (Lipinski definition) is 2. The number of rotatable bonds is 3. The molecule has 0 radical (unpaired) electrons. The first kappa shape index (κ1) is 18.3. The van der Waals surface area contributed by atoms with Gasteiger partial charge in [0.1, 0.15) is 11.6 Å². The maximum absolute atomic E-state index is 11.4. The Kier molecular flexibility index (Phi) is 8.66. The molecule has 3 N–H and O–H groups in total. The summed E-state index contributed by atoms with van der Waals surface area (Å²) >= 11 is 0. The van der Waals surface area contributed by atoms with Crippen LogP contribution < -0.4 is 5.73 Å². The molecule has 5 heteroatoms. The second-order valence-electron chi connectivity index (χ2n) is 4.96. The highest BCUT2D eigenvalue weighted by molar-refractivity contribution is 5.76. The van der Waals surface area contributed by atoms with E-state index in [2.05, 4.69) is 0 Å². The lowest BCUT2D eigenvalue weighted by Crippen LogP contribution is -2.41. The SMILES string of the molecule is CC(=O)O.CC[C@H](C)[C@H](N)C(=O)OC(C)(C)C. The zero-order chi connectivity index (χ0) is 14.2. The van der Waals surface area contributed by atoms with E-state index in [4.69, 9.17) is 20.4 Å². The van der Waals surface area contributed by atoms with Crippen molar-refractivity contribution in [1.82, 2.24) is 0 Å². The molecule has 0 aromatic carbocycles. The van der Waals surface area contributed by atoms with Gasteiger partial charge in [0, 0.05) is 6.92 Å². The molecule has 0 amide bonds. The van der Waals surface area contributed by atoms with Crippen molar-refractivity contribution in [3.05, 3.63) is 0 Å². The van der Waals surface area contributed by atoms with Crippen LogP contribution in [0.4, 0.5) is 0 Å². The van der Waals surface area contributed by atoms with Crippen molar-refractivity contribution in [3.8, 4) is 0 Å². The number of carbonyl (C=O) groups is 2. The third-order valence-corrected chi connectivity index (χ3v) is 1.94. The van der Waals surface area contributed by atoms with Crippen LogP contribution in [0, 0.1) is 5.92 Å². The van der Waals surface area contributed by atoms with Crippen LogP contribution in [0.2, 0.25) is 0 Å². The van der Waals surface area contributed by atoms with Crippen LogP contribution in [0.3, 0.4) is 0 Å². The van der Waals surface area contributed by atoms with Crippen molar-refractivity contribution in [1.29, 1.82) is 0 Å². The van der Waals surface area contributed by atoms with Gasteiger partial charge in [0.05, 0.1) is 0 Å². The number of carboxylic acid groups (broad SMARTS) is 1. The van der Waals surface area contributed by atoms with Crippen LogP contribution in [-0.4, -0.2) is 28.7 Å². The Morgan fingerprint density at radius 2 is 1.71 bits per heavy atom. The summed E-state index contributed by atoms with van der Waals surface area (Å²) in [5, 5.41) is 7.42. The Bertz CT molecular complexity index is 241. The predicted molar refractivity (Wildman–Crippen MR) is 66.6 cm³/mol. The Hall–Kier alpha value is -1.10.